The van der Waals surface area contributed by atoms with Crippen LogP contribution in [0.1, 0.15) is 32.8 Å². The monoisotopic (exact) mass is 491 g/mol. The van der Waals surface area contributed by atoms with Crippen LogP contribution in [0.2, 0.25) is 0 Å². The number of aromatic nitrogens is 1. The number of carbonyl (C=O) groups excluding carboxylic acids is 3. The molecule has 0 radical (unpaired) electrons. The van der Waals surface area contributed by atoms with E-state index in [0.717, 1.165) is 16.5 Å². The third-order valence-electron chi connectivity index (χ3n) is 5.79. The van der Waals surface area contributed by atoms with Gasteiger partial charge in [0.25, 0.3) is 0 Å². The van der Waals surface area contributed by atoms with Gasteiger partial charge in [-0.05, 0) is 24.5 Å². The molecule has 0 saturated heterocycles. The van der Waals surface area contributed by atoms with E-state index in [1.807, 2.05) is 31.2 Å². The average molecular weight is 492 g/mol. The maximum Gasteiger partial charge on any atom is 0.326 e. The predicted octanol–water partition coefficient (Wildman–Crippen LogP) is 0.573. The third-order valence-corrected chi connectivity index (χ3v) is 6.19. The lowest BCUT2D eigenvalue weighted by Crippen LogP contribution is -2.58. The molecule has 1 heterocycles. The molecule has 0 spiro atoms. The van der Waals surface area contributed by atoms with Gasteiger partial charge in [0.05, 0.1) is 6.04 Å². The molecule has 11 heteroatoms. The van der Waals surface area contributed by atoms with Gasteiger partial charge in [-0.3, -0.25) is 14.4 Å². The van der Waals surface area contributed by atoms with Gasteiger partial charge < -0.3 is 31.8 Å². The van der Waals surface area contributed by atoms with Crippen LogP contribution in [0.3, 0.4) is 0 Å². The van der Waals surface area contributed by atoms with E-state index in [9.17, 15) is 24.3 Å². The molecule has 0 aliphatic heterocycles. The van der Waals surface area contributed by atoms with Crippen molar-refractivity contribution in [3.05, 3.63) is 36.0 Å². The van der Waals surface area contributed by atoms with Gasteiger partial charge in [0.2, 0.25) is 17.7 Å². The van der Waals surface area contributed by atoms with E-state index in [1.54, 1.807) is 13.1 Å². The Balaban J connectivity index is 2.12. The minimum absolute atomic E-state index is 0.0698. The molecule has 5 unspecified atom stereocenters. The molecule has 34 heavy (non-hydrogen) atoms. The summed E-state index contributed by atoms with van der Waals surface area (Å²) in [6.45, 7) is 5.11. The quantitative estimate of drug-likeness (QED) is 0.214. The molecule has 0 aliphatic carbocycles. The highest BCUT2D eigenvalue weighted by Crippen LogP contribution is 2.19. The van der Waals surface area contributed by atoms with Crippen molar-refractivity contribution < 1.29 is 24.3 Å². The zero-order valence-corrected chi connectivity index (χ0v) is 20.4. The van der Waals surface area contributed by atoms with Crippen LogP contribution in [0.4, 0.5) is 0 Å². The molecule has 3 amide bonds. The van der Waals surface area contributed by atoms with E-state index < -0.39 is 47.9 Å². The number of H-pyrrole nitrogens is 1. The molecule has 5 atom stereocenters. The Morgan fingerprint density at radius 1 is 1.06 bits per heavy atom. The number of benzene rings is 1. The summed E-state index contributed by atoms with van der Waals surface area (Å²) in [4.78, 5) is 52.7. The Labute approximate surface area is 203 Å². The maximum absolute atomic E-state index is 13.1. The number of hydrogen-bond acceptors (Lipinski definition) is 6. The number of para-hydroxylation sites is 1. The first-order valence-electron chi connectivity index (χ1n) is 11.1. The van der Waals surface area contributed by atoms with Gasteiger partial charge in [0, 0.05) is 29.3 Å². The summed E-state index contributed by atoms with van der Waals surface area (Å²) in [6, 6.07) is 3.48. The molecule has 0 aliphatic rings. The summed E-state index contributed by atoms with van der Waals surface area (Å²) in [5.74, 6) is -3.08. The van der Waals surface area contributed by atoms with E-state index in [1.165, 1.54) is 6.92 Å². The number of carbonyl (C=O) groups is 4. The van der Waals surface area contributed by atoms with Crippen molar-refractivity contribution in [2.24, 2.45) is 11.7 Å². The molecular weight excluding hydrogens is 458 g/mol. The number of thiol groups is 1. The van der Waals surface area contributed by atoms with Gasteiger partial charge in [0.1, 0.15) is 18.1 Å². The molecule has 7 N–H and O–H groups in total. The van der Waals surface area contributed by atoms with Crippen molar-refractivity contribution in [1.82, 2.24) is 20.9 Å². The number of nitrogens with two attached hydrogens (primary N) is 1. The summed E-state index contributed by atoms with van der Waals surface area (Å²) in [7, 11) is 0. The molecule has 186 valence electrons. The summed E-state index contributed by atoms with van der Waals surface area (Å²) in [5.41, 5.74) is 7.24. The molecule has 1 aromatic heterocycles. The minimum Gasteiger partial charge on any atom is -0.480 e. The summed E-state index contributed by atoms with van der Waals surface area (Å²) in [5, 5.41) is 18.3. The van der Waals surface area contributed by atoms with Gasteiger partial charge in [-0.15, -0.1) is 0 Å². The number of aromatic amines is 1. The Kier molecular flexibility index (Phi) is 9.94. The number of carboxylic acids is 1. The van der Waals surface area contributed by atoms with Gasteiger partial charge in [-0.2, -0.15) is 12.6 Å². The Morgan fingerprint density at radius 3 is 2.35 bits per heavy atom. The molecule has 10 nitrogen and oxygen atoms in total. The normalized spacial score (nSPS) is 15.6. The van der Waals surface area contributed by atoms with Crippen LogP contribution in [0, 0.1) is 5.92 Å². The van der Waals surface area contributed by atoms with Crippen molar-refractivity contribution in [2.45, 2.75) is 57.8 Å². The number of carboxylic acid groups (broad SMARTS) is 1. The number of hydrogen-bond donors (Lipinski definition) is 7. The maximum atomic E-state index is 13.1. The summed E-state index contributed by atoms with van der Waals surface area (Å²) in [6.07, 6.45) is 2.35. The van der Waals surface area contributed by atoms with Gasteiger partial charge in [0.15, 0.2) is 0 Å². The highest BCUT2D eigenvalue weighted by atomic mass is 32.1. The predicted molar refractivity (Wildman–Crippen MR) is 132 cm³/mol. The van der Waals surface area contributed by atoms with E-state index in [4.69, 9.17) is 5.73 Å². The molecule has 0 fully saturated rings. The Hall–Kier alpha value is -3.05. The number of fused-ring (bicyclic) bond motifs is 1. The lowest BCUT2D eigenvalue weighted by molar-refractivity contribution is -0.142. The first-order valence-corrected chi connectivity index (χ1v) is 11.8. The van der Waals surface area contributed by atoms with Crippen LogP contribution < -0.4 is 21.7 Å². The van der Waals surface area contributed by atoms with Crippen molar-refractivity contribution in [1.29, 1.82) is 0 Å². The average Bonchev–Trinajstić information content (AvgIpc) is 3.23. The van der Waals surface area contributed by atoms with Gasteiger partial charge in [-0.25, -0.2) is 4.79 Å². The number of nitrogens with one attached hydrogen (secondary N) is 4. The van der Waals surface area contributed by atoms with Crippen LogP contribution in [-0.4, -0.2) is 63.7 Å². The SMILES string of the molecule is CCC(C)C(NC(=O)C(C)NC(=O)C(N)CS)C(=O)NC(Cc1c[nH]c2ccccc12)C(=O)O. The fourth-order valence-electron chi connectivity index (χ4n) is 3.43. The fourth-order valence-corrected chi connectivity index (χ4v) is 3.60. The lowest BCUT2D eigenvalue weighted by atomic mass is 9.97. The Morgan fingerprint density at radius 2 is 1.74 bits per heavy atom. The molecule has 0 saturated carbocycles. The number of aliphatic carboxylic acids is 1. The molecule has 1 aromatic carbocycles. The van der Waals surface area contributed by atoms with Crippen molar-refractivity contribution >= 4 is 47.2 Å². The van der Waals surface area contributed by atoms with Crippen LogP contribution in [-0.2, 0) is 25.6 Å². The lowest BCUT2D eigenvalue weighted by Gasteiger charge is -2.27. The second-order valence-corrected chi connectivity index (χ2v) is 8.72. The van der Waals surface area contributed by atoms with Crippen molar-refractivity contribution in [2.75, 3.05) is 5.75 Å². The third kappa shape index (κ3) is 6.97. The van der Waals surface area contributed by atoms with Gasteiger partial charge in [-0.1, -0.05) is 38.5 Å². The number of amides is 3. The van der Waals surface area contributed by atoms with Crippen LogP contribution in [0.5, 0.6) is 0 Å². The topological polar surface area (TPSA) is 166 Å². The highest BCUT2D eigenvalue weighted by molar-refractivity contribution is 7.80. The second kappa shape index (κ2) is 12.4. The van der Waals surface area contributed by atoms with E-state index in [0.29, 0.717) is 6.42 Å². The van der Waals surface area contributed by atoms with Crippen molar-refractivity contribution in [3.63, 3.8) is 0 Å². The minimum atomic E-state index is -1.19. The summed E-state index contributed by atoms with van der Waals surface area (Å²) < 4.78 is 0. The van der Waals surface area contributed by atoms with Crippen LogP contribution in [0.15, 0.2) is 30.5 Å². The van der Waals surface area contributed by atoms with E-state index in [2.05, 4.69) is 33.6 Å². The van der Waals surface area contributed by atoms with Crippen LogP contribution in [0.25, 0.3) is 10.9 Å². The van der Waals surface area contributed by atoms with Crippen LogP contribution >= 0.6 is 12.6 Å². The Bertz CT molecular complexity index is 1030. The number of rotatable bonds is 12. The van der Waals surface area contributed by atoms with E-state index in [-0.39, 0.29) is 18.1 Å². The first kappa shape index (κ1) is 27.2. The largest absolute Gasteiger partial charge is 0.480 e. The fraction of sp³-hybridized carbons (Fsp3) is 0.478. The van der Waals surface area contributed by atoms with E-state index >= 15 is 0 Å². The second-order valence-electron chi connectivity index (χ2n) is 8.35. The summed E-state index contributed by atoms with van der Waals surface area (Å²) >= 11 is 3.96. The smallest absolute Gasteiger partial charge is 0.326 e. The standard InChI is InChI=1S/C23H33N5O5S/c1-4-12(2)19(28-20(29)13(3)26-21(30)16(24)11-34)22(31)27-18(23(32)33)9-14-10-25-17-8-6-5-7-15(14)17/h5-8,10,12-13,16,18-19,25,34H,4,9,11,24H2,1-3H3,(H,26,30)(H,27,31)(H,28,29)(H,32,33). The highest BCUT2D eigenvalue weighted by Gasteiger charge is 2.31. The van der Waals surface area contributed by atoms with Gasteiger partial charge >= 0.3 is 5.97 Å². The molecule has 0 bridgehead atoms. The zero-order chi connectivity index (χ0) is 25.4. The molecule has 2 aromatic rings. The molecule has 2 rings (SSSR count). The first-order chi connectivity index (χ1) is 16.1. The van der Waals surface area contributed by atoms with Crippen molar-refractivity contribution in [3.8, 4) is 0 Å². The molecular formula is C23H33N5O5S. The zero-order valence-electron chi connectivity index (χ0n) is 19.5.